The SMILES string of the molecule is CC(C)Cc1nc(Cl)c2ccc(C=O)cn12. The summed E-state index contributed by atoms with van der Waals surface area (Å²) in [6, 6.07) is 3.57. The van der Waals surface area contributed by atoms with Gasteiger partial charge in [-0.15, -0.1) is 0 Å². The molecule has 4 heteroatoms. The van der Waals surface area contributed by atoms with Crippen LogP contribution in [0.1, 0.15) is 30.0 Å². The maximum atomic E-state index is 10.7. The number of pyridine rings is 1. The molecule has 0 fully saturated rings. The quantitative estimate of drug-likeness (QED) is 0.768. The molecule has 2 heterocycles. The summed E-state index contributed by atoms with van der Waals surface area (Å²) >= 11 is 6.04. The Morgan fingerprint density at radius 1 is 1.50 bits per heavy atom. The first-order chi connectivity index (χ1) is 7.61. The van der Waals surface area contributed by atoms with Crippen molar-refractivity contribution >= 4 is 23.4 Å². The first-order valence-electron chi connectivity index (χ1n) is 5.23. The van der Waals surface area contributed by atoms with Crippen LogP contribution >= 0.6 is 11.6 Å². The van der Waals surface area contributed by atoms with Crippen molar-refractivity contribution in [1.29, 1.82) is 0 Å². The van der Waals surface area contributed by atoms with E-state index in [9.17, 15) is 4.79 Å². The maximum Gasteiger partial charge on any atom is 0.155 e. The predicted molar refractivity (Wildman–Crippen MR) is 64.1 cm³/mol. The molecule has 3 nitrogen and oxygen atoms in total. The lowest BCUT2D eigenvalue weighted by Gasteiger charge is -2.04. The lowest BCUT2D eigenvalue weighted by Crippen LogP contribution is -2.01. The Balaban J connectivity index is 2.60. The molecule has 0 unspecified atom stereocenters. The maximum absolute atomic E-state index is 10.7. The molecule has 2 rings (SSSR count). The Bertz CT molecular complexity index is 531. The van der Waals surface area contributed by atoms with Gasteiger partial charge in [-0.1, -0.05) is 25.4 Å². The second-order valence-electron chi connectivity index (χ2n) is 4.25. The van der Waals surface area contributed by atoms with E-state index in [1.54, 1.807) is 12.3 Å². The van der Waals surface area contributed by atoms with E-state index in [1.165, 1.54) is 0 Å². The minimum Gasteiger partial charge on any atom is -0.301 e. The zero-order valence-electron chi connectivity index (χ0n) is 9.27. The molecule has 0 aliphatic rings. The Morgan fingerprint density at radius 2 is 2.25 bits per heavy atom. The average Bonchev–Trinajstić information content (AvgIpc) is 2.54. The summed E-state index contributed by atoms with van der Waals surface area (Å²) in [6.07, 6.45) is 3.45. The van der Waals surface area contributed by atoms with Crippen molar-refractivity contribution < 1.29 is 4.79 Å². The molecule has 0 N–H and O–H groups in total. The number of carbonyl (C=O) groups is 1. The highest BCUT2D eigenvalue weighted by molar-refractivity contribution is 6.32. The highest BCUT2D eigenvalue weighted by Gasteiger charge is 2.10. The van der Waals surface area contributed by atoms with Gasteiger partial charge in [0.2, 0.25) is 0 Å². The molecule has 0 saturated carbocycles. The van der Waals surface area contributed by atoms with E-state index in [0.29, 0.717) is 16.6 Å². The number of nitrogens with zero attached hydrogens (tertiary/aromatic N) is 2. The molecule has 0 aliphatic heterocycles. The van der Waals surface area contributed by atoms with Crippen LogP contribution in [0.4, 0.5) is 0 Å². The summed E-state index contributed by atoms with van der Waals surface area (Å²) in [6.45, 7) is 4.25. The van der Waals surface area contributed by atoms with Gasteiger partial charge in [0.1, 0.15) is 5.82 Å². The van der Waals surface area contributed by atoms with Crippen LogP contribution in [0.3, 0.4) is 0 Å². The molecule has 0 bridgehead atoms. The first-order valence-corrected chi connectivity index (χ1v) is 5.61. The van der Waals surface area contributed by atoms with Crippen molar-refractivity contribution in [3.8, 4) is 0 Å². The number of fused-ring (bicyclic) bond motifs is 1. The Kier molecular flexibility index (Phi) is 2.97. The Morgan fingerprint density at radius 3 is 2.88 bits per heavy atom. The van der Waals surface area contributed by atoms with Crippen LogP contribution in [-0.2, 0) is 6.42 Å². The largest absolute Gasteiger partial charge is 0.301 e. The zero-order chi connectivity index (χ0) is 11.7. The lowest BCUT2D eigenvalue weighted by atomic mass is 10.1. The van der Waals surface area contributed by atoms with Gasteiger partial charge in [-0.25, -0.2) is 4.98 Å². The Hall–Kier alpha value is -1.35. The normalized spacial score (nSPS) is 11.2. The van der Waals surface area contributed by atoms with E-state index in [1.807, 2.05) is 10.5 Å². The summed E-state index contributed by atoms with van der Waals surface area (Å²) in [5.41, 5.74) is 1.48. The van der Waals surface area contributed by atoms with E-state index in [-0.39, 0.29) is 0 Å². The summed E-state index contributed by atoms with van der Waals surface area (Å²) in [5.74, 6) is 1.40. The number of aldehydes is 1. The number of hydrogen-bond acceptors (Lipinski definition) is 2. The van der Waals surface area contributed by atoms with E-state index in [4.69, 9.17) is 11.6 Å². The van der Waals surface area contributed by atoms with Crippen LogP contribution in [0.2, 0.25) is 5.15 Å². The monoisotopic (exact) mass is 236 g/mol. The first kappa shape index (κ1) is 11.1. The fourth-order valence-electron chi connectivity index (χ4n) is 1.70. The topological polar surface area (TPSA) is 34.4 Å². The van der Waals surface area contributed by atoms with Gasteiger partial charge >= 0.3 is 0 Å². The number of imidazole rings is 1. The molecular formula is C12H13ClN2O. The van der Waals surface area contributed by atoms with Gasteiger partial charge in [0.25, 0.3) is 0 Å². The van der Waals surface area contributed by atoms with Crippen molar-refractivity contribution in [2.45, 2.75) is 20.3 Å². The van der Waals surface area contributed by atoms with Crippen LogP contribution in [0.25, 0.3) is 5.52 Å². The molecule has 0 spiro atoms. The molecule has 2 aromatic heterocycles. The highest BCUT2D eigenvalue weighted by Crippen LogP contribution is 2.20. The van der Waals surface area contributed by atoms with Gasteiger partial charge < -0.3 is 4.40 Å². The van der Waals surface area contributed by atoms with Crippen LogP contribution in [0, 0.1) is 5.92 Å². The fraction of sp³-hybridized carbons (Fsp3) is 0.333. The highest BCUT2D eigenvalue weighted by atomic mass is 35.5. The van der Waals surface area contributed by atoms with Crippen LogP contribution in [0.15, 0.2) is 18.3 Å². The molecular weight excluding hydrogens is 224 g/mol. The Labute approximate surface area is 99.1 Å². The molecule has 0 atom stereocenters. The standard InChI is InChI=1S/C12H13ClN2O/c1-8(2)5-11-14-12(13)10-4-3-9(7-16)6-15(10)11/h3-4,6-8H,5H2,1-2H3. The van der Waals surface area contributed by atoms with Crippen molar-refractivity contribution in [1.82, 2.24) is 9.38 Å². The third-order valence-electron chi connectivity index (χ3n) is 2.41. The van der Waals surface area contributed by atoms with Gasteiger partial charge in [0.15, 0.2) is 11.4 Å². The minimum atomic E-state index is 0.494. The second-order valence-corrected chi connectivity index (χ2v) is 4.61. The fourth-order valence-corrected chi connectivity index (χ4v) is 1.95. The predicted octanol–water partition coefficient (Wildman–Crippen LogP) is 3.00. The summed E-state index contributed by atoms with van der Waals surface area (Å²) in [4.78, 5) is 15.0. The van der Waals surface area contributed by atoms with Gasteiger partial charge in [0, 0.05) is 18.2 Å². The lowest BCUT2D eigenvalue weighted by molar-refractivity contribution is 0.112. The summed E-state index contributed by atoms with van der Waals surface area (Å²) in [7, 11) is 0. The average molecular weight is 237 g/mol. The number of aromatic nitrogens is 2. The van der Waals surface area contributed by atoms with Crippen molar-refractivity contribution in [2.75, 3.05) is 0 Å². The van der Waals surface area contributed by atoms with E-state index < -0.39 is 0 Å². The molecule has 0 saturated heterocycles. The van der Waals surface area contributed by atoms with Gasteiger partial charge in [0.05, 0.1) is 5.52 Å². The van der Waals surface area contributed by atoms with Gasteiger partial charge in [-0.3, -0.25) is 4.79 Å². The third kappa shape index (κ3) is 1.95. The van der Waals surface area contributed by atoms with Crippen LogP contribution < -0.4 is 0 Å². The third-order valence-corrected chi connectivity index (χ3v) is 2.69. The molecule has 0 aromatic carbocycles. The number of halogens is 1. The number of rotatable bonds is 3. The van der Waals surface area contributed by atoms with Gasteiger partial charge in [-0.2, -0.15) is 0 Å². The van der Waals surface area contributed by atoms with E-state index in [2.05, 4.69) is 18.8 Å². The van der Waals surface area contributed by atoms with Crippen molar-refractivity contribution in [3.05, 3.63) is 34.9 Å². The second kappa shape index (κ2) is 4.26. The molecule has 0 aliphatic carbocycles. The van der Waals surface area contributed by atoms with E-state index >= 15 is 0 Å². The minimum absolute atomic E-state index is 0.494. The van der Waals surface area contributed by atoms with Crippen molar-refractivity contribution in [3.63, 3.8) is 0 Å². The number of hydrogen-bond donors (Lipinski definition) is 0. The van der Waals surface area contributed by atoms with E-state index in [0.717, 1.165) is 24.0 Å². The molecule has 0 radical (unpaired) electrons. The van der Waals surface area contributed by atoms with Crippen LogP contribution in [0.5, 0.6) is 0 Å². The van der Waals surface area contributed by atoms with Crippen molar-refractivity contribution in [2.24, 2.45) is 5.92 Å². The summed E-state index contributed by atoms with van der Waals surface area (Å²) in [5, 5.41) is 0.494. The zero-order valence-corrected chi connectivity index (χ0v) is 10.0. The molecule has 0 amide bonds. The number of carbonyl (C=O) groups excluding carboxylic acids is 1. The smallest absolute Gasteiger partial charge is 0.155 e. The molecule has 2 aromatic rings. The summed E-state index contributed by atoms with van der Waals surface area (Å²) < 4.78 is 1.89. The molecule has 16 heavy (non-hydrogen) atoms. The van der Waals surface area contributed by atoms with Gasteiger partial charge in [-0.05, 0) is 18.1 Å². The van der Waals surface area contributed by atoms with Crippen LogP contribution in [-0.4, -0.2) is 15.7 Å². The molecule has 84 valence electrons.